The molecule has 0 atom stereocenters. The van der Waals surface area contributed by atoms with Gasteiger partial charge in [0.25, 0.3) is 0 Å². The number of rotatable bonds is 8. The molecule has 0 saturated carbocycles. The van der Waals surface area contributed by atoms with Gasteiger partial charge in [0, 0.05) is 36.8 Å². The molecule has 0 spiro atoms. The number of para-hydroxylation sites is 1. The Labute approximate surface area is 199 Å². The van der Waals surface area contributed by atoms with Gasteiger partial charge >= 0.3 is 0 Å². The van der Waals surface area contributed by atoms with E-state index in [1.165, 1.54) is 11.1 Å². The molecule has 1 aliphatic carbocycles. The first-order valence-corrected chi connectivity index (χ1v) is 11.6. The first-order valence-electron chi connectivity index (χ1n) is 11.6. The molecule has 4 aromatic rings. The van der Waals surface area contributed by atoms with Crippen molar-refractivity contribution in [1.82, 2.24) is 19.9 Å². The number of aromatic hydroxyl groups is 1. The minimum atomic E-state index is 0.0405. The Balaban J connectivity index is 1.15. The van der Waals surface area contributed by atoms with E-state index in [0.717, 1.165) is 31.5 Å². The number of hydrogen-bond donors (Lipinski definition) is 3. The Bertz CT molecular complexity index is 1310. The van der Waals surface area contributed by atoms with E-state index in [1.54, 1.807) is 22.8 Å². The van der Waals surface area contributed by atoms with Gasteiger partial charge in [0.15, 0.2) is 5.65 Å². The SMILES string of the molecule is [B]c1cnn2c(NCCCCNC(=O)C3Cc4ccccc4C3)cc(-c3ccccc3O)nc12. The zero-order valence-electron chi connectivity index (χ0n) is 18.9. The molecule has 34 heavy (non-hydrogen) atoms. The molecule has 2 aromatic carbocycles. The average molecular weight is 451 g/mol. The molecule has 170 valence electrons. The monoisotopic (exact) mass is 451 g/mol. The number of anilines is 1. The molecular formula is C26H26BN5O2. The Morgan fingerprint density at radius 3 is 2.53 bits per heavy atom. The van der Waals surface area contributed by atoms with Crippen molar-refractivity contribution in [3.8, 4) is 17.0 Å². The third-order valence-electron chi connectivity index (χ3n) is 6.31. The van der Waals surface area contributed by atoms with Crippen LogP contribution in [0.25, 0.3) is 16.9 Å². The Kier molecular flexibility index (Phi) is 6.21. The molecule has 2 radical (unpaired) electrons. The molecule has 0 saturated heterocycles. The van der Waals surface area contributed by atoms with Gasteiger partial charge < -0.3 is 15.7 Å². The number of unbranched alkanes of at least 4 members (excludes halogenated alkanes) is 1. The van der Waals surface area contributed by atoms with Crippen molar-refractivity contribution in [2.75, 3.05) is 18.4 Å². The normalized spacial score (nSPS) is 13.2. The number of amides is 1. The molecule has 0 bridgehead atoms. The van der Waals surface area contributed by atoms with Gasteiger partial charge in [-0.3, -0.25) is 4.79 Å². The van der Waals surface area contributed by atoms with Gasteiger partial charge in [0.1, 0.15) is 19.4 Å². The van der Waals surface area contributed by atoms with Gasteiger partial charge in [0.05, 0.1) is 5.69 Å². The number of phenols is 1. The minimum Gasteiger partial charge on any atom is -0.507 e. The number of aromatic nitrogens is 3. The van der Waals surface area contributed by atoms with E-state index < -0.39 is 0 Å². The van der Waals surface area contributed by atoms with Gasteiger partial charge in [-0.05, 0) is 54.4 Å². The predicted octanol–water partition coefficient (Wildman–Crippen LogP) is 2.62. The first-order chi connectivity index (χ1) is 16.6. The summed E-state index contributed by atoms with van der Waals surface area (Å²) in [4.78, 5) is 17.1. The maximum Gasteiger partial charge on any atom is 0.223 e. The molecule has 7 nitrogen and oxygen atoms in total. The third-order valence-corrected chi connectivity index (χ3v) is 6.31. The van der Waals surface area contributed by atoms with E-state index in [2.05, 4.69) is 32.8 Å². The highest BCUT2D eigenvalue weighted by Crippen LogP contribution is 2.29. The summed E-state index contributed by atoms with van der Waals surface area (Å²) in [5.41, 5.74) is 4.83. The fourth-order valence-electron chi connectivity index (χ4n) is 4.50. The van der Waals surface area contributed by atoms with Gasteiger partial charge in [0.2, 0.25) is 5.91 Å². The van der Waals surface area contributed by atoms with E-state index in [9.17, 15) is 9.90 Å². The number of nitrogens with zero attached hydrogens (tertiary/aromatic N) is 3. The van der Waals surface area contributed by atoms with Crippen molar-refractivity contribution in [3.05, 3.63) is 71.9 Å². The van der Waals surface area contributed by atoms with Crippen LogP contribution in [0.4, 0.5) is 5.82 Å². The fraction of sp³-hybridized carbons (Fsp3) is 0.269. The highest BCUT2D eigenvalue weighted by atomic mass is 16.3. The molecule has 0 aliphatic heterocycles. The molecule has 0 unspecified atom stereocenters. The largest absolute Gasteiger partial charge is 0.507 e. The second-order valence-corrected chi connectivity index (χ2v) is 8.68. The number of nitrogens with one attached hydrogen (secondary N) is 2. The van der Waals surface area contributed by atoms with Crippen LogP contribution in [0, 0.1) is 5.92 Å². The van der Waals surface area contributed by atoms with Crippen molar-refractivity contribution in [1.29, 1.82) is 0 Å². The standard InChI is InChI=1S/C26H26BN5O2/c27-21-16-30-32-24(15-22(31-25(21)32)20-9-3-4-10-23(20)33)28-11-5-6-12-29-26(34)19-13-17-7-1-2-8-18(17)14-19/h1-4,7-10,15-16,19,28,33H,5-6,11-14H2,(H,29,34). The van der Waals surface area contributed by atoms with Crippen LogP contribution in [0.1, 0.15) is 24.0 Å². The lowest BCUT2D eigenvalue weighted by molar-refractivity contribution is -0.124. The van der Waals surface area contributed by atoms with Crippen molar-refractivity contribution >= 4 is 30.7 Å². The molecular weight excluding hydrogens is 425 g/mol. The van der Waals surface area contributed by atoms with Gasteiger partial charge in [-0.25, -0.2) is 4.98 Å². The van der Waals surface area contributed by atoms with Crippen LogP contribution in [0.5, 0.6) is 5.75 Å². The number of benzene rings is 2. The maximum absolute atomic E-state index is 12.5. The smallest absolute Gasteiger partial charge is 0.223 e. The summed E-state index contributed by atoms with van der Waals surface area (Å²) in [5.74, 6) is 1.08. The van der Waals surface area contributed by atoms with Crippen LogP contribution in [0.3, 0.4) is 0 Å². The van der Waals surface area contributed by atoms with E-state index in [0.29, 0.717) is 35.5 Å². The van der Waals surface area contributed by atoms with E-state index >= 15 is 0 Å². The van der Waals surface area contributed by atoms with Gasteiger partial charge in [-0.2, -0.15) is 9.61 Å². The van der Waals surface area contributed by atoms with Crippen LogP contribution in [-0.4, -0.2) is 46.5 Å². The van der Waals surface area contributed by atoms with E-state index in [-0.39, 0.29) is 17.6 Å². The molecule has 2 aromatic heterocycles. The number of fused-ring (bicyclic) bond motifs is 2. The number of carbonyl (C=O) groups excluding carboxylic acids is 1. The Morgan fingerprint density at radius 2 is 1.76 bits per heavy atom. The lowest BCUT2D eigenvalue weighted by atomic mass is 10.0. The topological polar surface area (TPSA) is 91.5 Å². The summed E-state index contributed by atoms with van der Waals surface area (Å²) in [6.45, 7) is 1.35. The zero-order chi connectivity index (χ0) is 23.5. The zero-order valence-corrected chi connectivity index (χ0v) is 18.9. The fourth-order valence-corrected chi connectivity index (χ4v) is 4.50. The maximum atomic E-state index is 12.5. The number of hydrogen-bond acceptors (Lipinski definition) is 5. The van der Waals surface area contributed by atoms with Crippen molar-refractivity contribution < 1.29 is 9.90 Å². The van der Waals surface area contributed by atoms with Crippen molar-refractivity contribution in [2.45, 2.75) is 25.7 Å². The summed E-state index contributed by atoms with van der Waals surface area (Å²) in [6.07, 6.45) is 4.96. The quantitative estimate of drug-likeness (QED) is 0.283. The second kappa shape index (κ2) is 9.59. The minimum absolute atomic E-state index is 0.0405. The molecule has 5 rings (SSSR count). The van der Waals surface area contributed by atoms with E-state index in [4.69, 9.17) is 7.85 Å². The predicted molar refractivity (Wildman–Crippen MR) is 134 cm³/mol. The molecule has 1 aliphatic rings. The van der Waals surface area contributed by atoms with E-state index in [1.807, 2.05) is 30.3 Å². The first kappa shape index (κ1) is 22.0. The van der Waals surface area contributed by atoms with Crippen LogP contribution in [0.2, 0.25) is 0 Å². The Hall–Kier alpha value is -3.81. The Morgan fingerprint density at radius 1 is 1.06 bits per heavy atom. The third kappa shape index (κ3) is 4.48. The summed E-state index contributed by atoms with van der Waals surface area (Å²) in [5, 5.41) is 21.1. The number of phenolic OH excluding ortho intramolecular Hbond substituents is 1. The molecule has 0 fully saturated rings. The molecule has 2 heterocycles. The van der Waals surface area contributed by atoms with Gasteiger partial charge in [-0.15, -0.1) is 0 Å². The van der Waals surface area contributed by atoms with Crippen molar-refractivity contribution in [2.24, 2.45) is 5.92 Å². The van der Waals surface area contributed by atoms with Crippen LogP contribution < -0.4 is 16.1 Å². The summed E-state index contributed by atoms with van der Waals surface area (Å²) in [7, 11) is 6.06. The summed E-state index contributed by atoms with van der Waals surface area (Å²) < 4.78 is 1.67. The number of carbonyl (C=O) groups is 1. The average Bonchev–Trinajstić information content (AvgIpc) is 3.45. The summed E-state index contributed by atoms with van der Waals surface area (Å²) >= 11 is 0. The molecule has 8 heteroatoms. The van der Waals surface area contributed by atoms with Crippen LogP contribution in [0.15, 0.2) is 60.8 Å². The highest BCUT2D eigenvalue weighted by Gasteiger charge is 2.26. The summed E-state index contributed by atoms with van der Waals surface area (Å²) in [6, 6.07) is 17.2. The van der Waals surface area contributed by atoms with Crippen LogP contribution >= 0.6 is 0 Å². The van der Waals surface area contributed by atoms with Gasteiger partial charge in [-0.1, -0.05) is 36.4 Å². The molecule has 1 amide bonds. The van der Waals surface area contributed by atoms with Crippen LogP contribution in [-0.2, 0) is 17.6 Å². The highest BCUT2D eigenvalue weighted by molar-refractivity contribution is 6.36. The van der Waals surface area contributed by atoms with Crippen molar-refractivity contribution in [3.63, 3.8) is 0 Å². The lowest BCUT2D eigenvalue weighted by Crippen LogP contribution is -2.32. The second-order valence-electron chi connectivity index (χ2n) is 8.68. The molecule has 3 N–H and O–H groups in total. The lowest BCUT2D eigenvalue weighted by Gasteiger charge is -2.13.